The molecule has 2 heterocycles. The number of nitrogens with one attached hydrogen (secondary N) is 2. The first-order valence-electron chi connectivity index (χ1n) is 7.04. The summed E-state index contributed by atoms with van der Waals surface area (Å²) in [5.41, 5.74) is 0. The zero-order chi connectivity index (χ0) is 14.7. The fourth-order valence-corrected chi connectivity index (χ4v) is 2.76. The van der Waals surface area contributed by atoms with Crippen molar-refractivity contribution in [1.29, 1.82) is 0 Å². The van der Waals surface area contributed by atoms with Crippen LogP contribution >= 0.6 is 0 Å². The van der Waals surface area contributed by atoms with Crippen molar-refractivity contribution in [2.75, 3.05) is 13.1 Å². The van der Waals surface area contributed by atoms with E-state index in [1.54, 1.807) is 0 Å². The number of carboxylic acid groups (broad SMARTS) is 1. The molecule has 3 N–H and O–H groups in total. The first kappa shape index (κ1) is 14.6. The van der Waals surface area contributed by atoms with Gasteiger partial charge >= 0.3 is 12.0 Å². The number of piperidine rings is 1. The number of carbonyl (C=O) groups is 3. The largest absolute Gasteiger partial charge is 0.480 e. The van der Waals surface area contributed by atoms with Crippen LogP contribution in [0.4, 0.5) is 4.79 Å². The molecular weight excluding hydrogens is 262 g/mol. The molecule has 7 nitrogen and oxygen atoms in total. The van der Waals surface area contributed by atoms with Gasteiger partial charge in [0.1, 0.15) is 6.04 Å². The number of hydrogen-bond acceptors (Lipinski definition) is 3. The summed E-state index contributed by atoms with van der Waals surface area (Å²) in [5.74, 6) is -0.644. The van der Waals surface area contributed by atoms with Gasteiger partial charge in [-0.1, -0.05) is 6.92 Å². The third-order valence-electron chi connectivity index (χ3n) is 4.00. The number of carboxylic acids is 1. The predicted molar refractivity (Wildman–Crippen MR) is 71.1 cm³/mol. The van der Waals surface area contributed by atoms with E-state index < -0.39 is 12.0 Å². The van der Waals surface area contributed by atoms with Gasteiger partial charge in [-0.25, -0.2) is 9.59 Å². The minimum Gasteiger partial charge on any atom is -0.480 e. The lowest BCUT2D eigenvalue weighted by Gasteiger charge is -2.36. The monoisotopic (exact) mass is 283 g/mol. The summed E-state index contributed by atoms with van der Waals surface area (Å²) in [4.78, 5) is 35.8. The highest BCUT2D eigenvalue weighted by molar-refractivity contribution is 5.83. The van der Waals surface area contributed by atoms with Crippen LogP contribution in [-0.4, -0.2) is 53.1 Å². The van der Waals surface area contributed by atoms with Crippen molar-refractivity contribution in [1.82, 2.24) is 15.5 Å². The Morgan fingerprint density at radius 3 is 2.80 bits per heavy atom. The topological polar surface area (TPSA) is 98.7 Å². The van der Waals surface area contributed by atoms with Crippen LogP contribution in [0.15, 0.2) is 0 Å². The van der Waals surface area contributed by atoms with Crippen LogP contribution in [0.5, 0.6) is 0 Å². The lowest BCUT2D eigenvalue weighted by atomic mass is 9.93. The van der Waals surface area contributed by atoms with Crippen molar-refractivity contribution >= 4 is 17.9 Å². The third-order valence-corrected chi connectivity index (χ3v) is 4.00. The summed E-state index contributed by atoms with van der Waals surface area (Å²) < 4.78 is 0. The van der Waals surface area contributed by atoms with Crippen molar-refractivity contribution in [3.05, 3.63) is 0 Å². The maximum atomic E-state index is 12.1. The quantitative estimate of drug-likeness (QED) is 0.687. The number of rotatable bonds is 3. The fourth-order valence-electron chi connectivity index (χ4n) is 2.76. The van der Waals surface area contributed by atoms with Crippen molar-refractivity contribution < 1.29 is 19.5 Å². The van der Waals surface area contributed by atoms with Gasteiger partial charge in [0, 0.05) is 25.6 Å². The summed E-state index contributed by atoms with van der Waals surface area (Å²) in [6, 6.07) is -1.15. The molecule has 2 rings (SSSR count). The van der Waals surface area contributed by atoms with Crippen LogP contribution in [0.25, 0.3) is 0 Å². The van der Waals surface area contributed by atoms with Crippen molar-refractivity contribution in [3.8, 4) is 0 Å². The Morgan fingerprint density at radius 1 is 1.45 bits per heavy atom. The standard InChI is InChI=1S/C13H21N3O4/c1-8-4-5-16(10(6-8)12(18)19)13(20)14-7-9-2-3-11(17)15-9/h8-10H,2-7H2,1H3,(H,14,20)(H,15,17)(H,18,19). The minimum absolute atomic E-state index is 0.000501. The normalized spacial score (nSPS) is 29.9. The Labute approximate surface area is 117 Å². The van der Waals surface area contributed by atoms with Gasteiger partial charge in [0.15, 0.2) is 0 Å². The lowest BCUT2D eigenvalue weighted by molar-refractivity contribution is -0.143. The second-order valence-electron chi connectivity index (χ2n) is 5.67. The third kappa shape index (κ3) is 3.40. The molecule has 0 aromatic carbocycles. The molecule has 2 saturated heterocycles. The molecule has 0 aromatic heterocycles. The van der Waals surface area contributed by atoms with E-state index in [0.29, 0.717) is 38.3 Å². The van der Waals surface area contributed by atoms with E-state index in [1.165, 1.54) is 4.90 Å². The molecular formula is C13H21N3O4. The maximum absolute atomic E-state index is 12.1. The number of hydrogen-bond donors (Lipinski definition) is 3. The van der Waals surface area contributed by atoms with Gasteiger partial charge in [-0.15, -0.1) is 0 Å². The van der Waals surface area contributed by atoms with Gasteiger partial charge < -0.3 is 20.6 Å². The van der Waals surface area contributed by atoms with E-state index >= 15 is 0 Å². The molecule has 2 aliphatic heterocycles. The molecule has 3 unspecified atom stereocenters. The van der Waals surface area contributed by atoms with Gasteiger partial charge in [-0.2, -0.15) is 0 Å². The Hall–Kier alpha value is -1.79. The molecule has 112 valence electrons. The second kappa shape index (κ2) is 6.11. The van der Waals surface area contributed by atoms with Gasteiger partial charge in [-0.3, -0.25) is 4.79 Å². The molecule has 3 amide bonds. The van der Waals surface area contributed by atoms with E-state index in [4.69, 9.17) is 0 Å². The Balaban J connectivity index is 1.86. The summed E-state index contributed by atoms with van der Waals surface area (Å²) >= 11 is 0. The van der Waals surface area contributed by atoms with Gasteiger partial charge in [0.05, 0.1) is 0 Å². The minimum atomic E-state index is -0.958. The zero-order valence-electron chi connectivity index (χ0n) is 11.6. The number of likely N-dealkylation sites (tertiary alicyclic amines) is 1. The molecule has 2 fully saturated rings. The molecule has 0 saturated carbocycles. The summed E-state index contributed by atoms with van der Waals surface area (Å²) in [6.45, 7) is 2.81. The smallest absolute Gasteiger partial charge is 0.326 e. The van der Waals surface area contributed by atoms with Crippen LogP contribution in [0.1, 0.15) is 32.6 Å². The molecule has 7 heteroatoms. The van der Waals surface area contributed by atoms with E-state index in [0.717, 1.165) is 6.42 Å². The molecule has 3 atom stereocenters. The van der Waals surface area contributed by atoms with E-state index in [9.17, 15) is 19.5 Å². The van der Waals surface area contributed by atoms with Crippen LogP contribution in [0, 0.1) is 5.92 Å². The molecule has 0 aliphatic carbocycles. The highest BCUT2D eigenvalue weighted by Gasteiger charge is 2.35. The second-order valence-corrected chi connectivity index (χ2v) is 5.67. The average molecular weight is 283 g/mol. The van der Waals surface area contributed by atoms with Crippen LogP contribution in [0.3, 0.4) is 0 Å². The van der Waals surface area contributed by atoms with Crippen molar-refractivity contribution in [2.24, 2.45) is 5.92 Å². The van der Waals surface area contributed by atoms with E-state index in [2.05, 4.69) is 10.6 Å². The van der Waals surface area contributed by atoms with Crippen molar-refractivity contribution in [3.63, 3.8) is 0 Å². The predicted octanol–water partition coefficient (Wildman–Crippen LogP) is 0.160. The molecule has 0 radical (unpaired) electrons. The number of urea groups is 1. The van der Waals surface area contributed by atoms with Gasteiger partial charge in [0.2, 0.25) is 5.91 Å². The van der Waals surface area contributed by atoms with Gasteiger partial charge in [-0.05, 0) is 25.2 Å². The van der Waals surface area contributed by atoms with Crippen LogP contribution < -0.4 is 10.6 Å². The molecule has 0 spiro atoms. The molecule has 2 aliphatic rings. The average Bonchev–Trinajstić information content (AvgIpc) is 2.81. The zero-order valence-corrected chi connectivity index (χ0v) is 11.6. The SMILES string of the molecule is CC1CCN(C(=O)NCC2CCC(=O)N2)C(C(=O)O)C1. The van der Waals surface area contributed by atoms with Gasteiger partial charge in [0.25, 0.3) is 0 Å². The Morgan fingerprint density at radius 2 is 2.20 bits per heavy atom. The number of carbonyl (C=O) groups excluding carboxylic acids is 2. The first-order chi connectivity index (χ1) is 9.47. The molecule has 0 bridgehead atoms. The summed E-state index contributed by atoms with van der Waals surface area (Å²) in [6.07, 6.45) is 2.50. The highest BCUT2D eigenvalue weighted by atomic mass is 16.4. The van der Waals surface area contributed by atoms with E-state index in [1.807, 2.05) is 6.92 Å². The Kier molecular flexibility index (Phi) is 4.46. The number of aliphatic carboxylic acids is 1. The van der Waals surface area contributed by atoms with Crippen LogP contribution in [0.2, 0.25) is 0 Å². The number of amides is 3. The molecule has 20 heavy (non-hydrogen) atoms. The molecule has 0 aromatic rings. The maximum Gasteiger partial charge on any atom is 0.326 e. The highest BCUT2D eigenvalue weighted by Crippen LogP contribution is 2.22. The summed E-state index contributed by atoms with van der Waals surface area (Å²) in [7, 11) is 0. The fraction of sp³-hybridized carbons (Fsp3) is 0.769. The van der Waals surface area contributed by atoms with E-state index in [-0.39, 0.29) is 18.0 Å². The van der Waals surface area contributed by atoms with Crippen LogP contribution in [-0.2, 0) is 9.59 Å². The Bertz CT molecular complexity index is 412. The van der Waals surface area contributed by atoms with Crippen molar-refractivity contribution in [2.45, 2.75) is 44.7 Å². The number of nitrogens with zero attached hydrogens (tertiary/aromatic N) is 1. The summed E-state index contributed by atoms with van der Waals surface area (Å²) in [5, 5.41) is 14.7. The lowest BCUT2D eigenvalue weighted by Crippen LogP contribution is -2.54. The first-order valence-corrected chi connectivity index (χ1v) is 7.04.